The lowest BCUT2D eigenvalue weighted by atomic mass is 9.99. The molecule has 0 bridgehead atoms. The van der Waals surface area contributed by atoms with Crippen LogP contribution in [-0.2, 0) is 6.42 Å². The highest BCUT2D eigenvalue weighted by molar-refractivity contribution is 7.39. The maximum absolute atomic E-state index is 8.66. The summed E-state index contributed by atoms with van der Waals surface area (Å²) < 4.78 is 4.78. The second-order valence-electron chi connectivity index (χ2n) is 3.71. The van der Waals surface area contributed by atoms with Gasteiger partial charge in [0.2, 0.25) is 0 Å². The summed E-state index contributed by atoms with van der Waals surface area (Å²) in [6.45, 7) is 4.39. The van der Waals surface area contributed by atoms with Crippen LogP contribution in [0, 0.1) is 5.92 Å². The van der Waals surface area contributed by atoms with Crippen LogP contribution in [0.5, 0.6) is 5.75 Å². The summed E-state index contributed by atoms with van der Waals surface area (Å²) >= 11 is 0. The first-order valence-electron chi connectivity index (χ1n) is 5.06. The van der Waals surface area contributed by atoms with Crippen molar-refractivity contribution in [3.8, 4) is 5.75 Å². The van der Waals surface area contributed by atoms with Gasteiger partial charge in [0.15, 0.2) is 0 Å². The highest BCUT2D eigenvalue weighted by Gasteiger charge is 2.04. The third-order valence-corrected chi connectivity index (χ3v) is 2.77. The Labute approximate surface area is 91.7 Å². The van der Waals surface area contributed by atoms with Gasteiger partial charge in [0, 0.05) is 0 Å². The van der Waals surface area contributed by atoms with Gasteiger partial charge in [-0.1, -0.05) is 32.4 Å². The minimum absolute atomic E-state index is 0.499. The second kappa shape index (κ2) is 6.06. The zero-order chi connectivity index (χ0) is 11.3. The van der Waals surface area contributed by atoms with Gasteiger partial charge in [0.1, 0.15) is 5.75 Å². The van der Waals surface area contributed by atoms with E-state index < -0.39 is 8.60 Å². The molecule has 1 aromatic rings. The van der Waals surface area contributed by atoms with E-state index in [9.17, 15) is 0 Å². The van der Waals surface area contributed by atoms with Crippen LogP contribution in [0.1, 0.15) is 25.8 Å². The molecule has 0 aliphatic heterocycles. The van der Waals surface area contributed by atoms with Gasteiger partial charge in [-0.2, -0.15) is 0 Å². The molecule has 0 heterocycles. The minimum Gasteiger partial charge on any atom is -0.427 e. The molecule has 1 unspecified atom stereocenters. The van der Waals surface area contributed by atoms with E-state index in [1.807, 2.05) is 12.1 Å². The lowest BCUT2D eigenvalue weighted by molar-refractivity contribution is 0.375. The molecule has 4 heteroatoms. The molecule has 1 atom stereocenters. The zero-order valence-corrected chi connectivity index (χ0v) is 9.95. The van der Waals surface area contributed by atoms with Crippen molar-refractivity contribution in [1.82, 2.24) is 0 Å². The van der Waals surface area contributed by atoms with Gasteiger partial charge in [-0.3, -0.25) is 0 Å². The summed E-state index contributed by atoms with van der Waals surface area (Å²) in [6, 6.07) is 7.44. The Morgan fingerprint density at radius 3 is 2.33 bits per heavy atom. The minimum atomic E-state index is -2.31. The molecule has 0 radical (unpaired) electrons. The van der Waals surface area contributed by atoms with Crippen LogP contribution in [0.25, 0.3) is 0 Å². The van der Waals surface area contributed by atoms with Crippen molar-refractivity contribution >= 4 is 8.60 Å². The normalized spacial score (nSPS) is 12.9. The van der Waals surface area contributed by atoms with Crippen LogP contribution in [0.15, 0.2) is 24.3 Å². The maximum atomic E-state index is 8.66. The van der Waals surface area contributed by atoms with Gasteiger partial charge in [-0.15, -0.1) is 0 Å². The molecule has 0 aliphatic rings. The predicted octanol–water partition coefficient (Wildman–Crippen LogP) is 2.87. The van der Waals surface area contributed by atoms with E-state index in [2.05, 4.69) is 13.8 Å². The van der Waals surface area contributed by atoms with E-state index in [4.69, 9.17) is 14.3 Å². The highest BCUT2D eigenvalue weighted by atomic mass is 31.2. The van der Waals surface area contributed by atoms with Crippen molar-refractivity contribution < 1.29 is 14.3 Å². The molecular formula is C11H17O3P. The lowest BCUT2D eigenvalue weighted by Crippen LogP contribution is -1.97. The molecule has 0 amide bonds. The number of hydrogen-bond donors (Lipinski definition) is 2. The van der Waals surface area contributed by atoms with E-state index in [-0.39, 0.29) is 0 Å². The summed E-state index contributed by atoms with van der Waals surface area (Å²) in [5.41, 5.74) is 1.25. The van der Waals surface area contributed by atoms with Gasteiger partial charge in [0.05, 0.1) is 0 Å². The molecule has 0 aliphatic carbocycles. The van der Waals surface area contributed by atoms with Crippen molar-refractivity contribution in [2.75, 3.05) is 0 Å². The van der Waals surface area contributed by atoms with E-state index in [0.29, 0.717) is 11.7 Å². The van der Waals surface area contributed by atoms with Crippen LogP contribution in [-0.4, -0.2) is 9.79 Å². The van der Waals surface area contributed by atoms with Crippen molar-refractivity contribution in [2.45, 2.75) is 26.7 Å². The molecule has 0 saturated heterocycles. The molecule has 3 nitrogen and oxygen atoms in total. The average Bonchev–Trinajstić information content (AvgIpc) is 2.20. The smallest absolute Gasteiger partial charge is 0.391 e. The summed E-state index contributed by atoms with van der Waals surface area (Å²) in [7, 11) is -2.31. The van der Waals surface area contributed by atoms with Crippen molar-refractivity contribution in [2.24, 2.45) is 5.92 Å². The Hall–Kier alpha value is -0.630. The van der Waals surface area contributed by atoms with Gasteiger partial charge in [-0.05, 0) is 30.0 Å². The fourth-order valence-electron chi connectivity index (χ4n) is 1.33. The Kier molecular flexibility index (Phi) is 5.03. The first-order valence-corrected chi connectivity index (χ1v) is 6.23. The second-order valence-corrected chi connectivity index (χ2v) is 4.39. The average molecular weight is 228 g/mol. The third-order valence-electron chi connectivity index (χ3n) is 2.39. The Morgan fingerprint density at radius 1 is 1.27 bits per heavy atom. The molecule has 15 heavy (non-hydrogen) atoms. The Morgan fingerprint density at radius 2 is 1.87 bits per heavy atom. The van der Waals surface area contributed by atoms with Crippen LogP contribution >= 0.6 is 8.60 Å². The number of hydrogen-bond acceptors (Lipinski definition) is 3. The van der Waals surface area contributed by atoms with Crippen LogP contribution < -0.4 is 4.52 Å². The topological polar surface area (TPSA) is 49.7 Å². The predicted molar refractivity (Wildman–Crippen MR) is 61.6 cm³/mol. The SMILES string of the molecule is CCC(C)Cc1ccc(OP(O)O)cc1. The lowest BCUT2D eigenvalue weighted by Gasteiger charge is -2.09. The monoisotopic (exact) mass is 228 g/mol. The molecular weight excluding hydrogens is 211 g/mol. The fourth-order valence-corrected chi connectivity index (χ4v) is 1.64. The standard InChI is InChI=1S/C11H17O3P/c1-3-9(2)8-10-4-6-11(7-5-10)14-15(12)13/h4-7,9,12-13H,3,8H2,1-2H3. The summed E-state index contributed by atoms with van der Waals surface area (Å²) in [5.74, 6) is 1.17. The maximum Gasteiger partial charge on any atom is 0.391 e. The molecule has 0 saturated carbocycles. The van der Waals surface area contributed by atoms with E-state index in [1.165, 1.54) is 5.56 Å². The van der Waals surface area contributed by atoms with Crippen molar-refractivity contribution in [3.63, 3.8) is 0 Å². The summed E-state index contributed by atoms with van der Waals surface area (Å²) in [4.78, 5) is 17.3. The molecule has 0 aromatic heterocycles. The van der Waals surface area contributed by atoms with Gasteiger partial charge in [-0.25, -0.2) is 0 Å². The Balaban J connectivity index is 2.56. The molecule has 1 rings (SSSR count). The van der Waals surface area contributed by atoms with E-state index in [0.717, 1.165) is 12.8 Å². The highest BCUT2D eigenvalue weighted by Crippen LogP contribution is 2.28. The van der Waals surface area contributed by atoms with Crippen molar-refractivity contribution in [3.05, 3.63) is 29.8 Å². The zero-order valence-electron chi connectivity index (χ0n) is 9.05. The molecule has 84 valence electrons. The largest absolute Gasteiger partial charge is 0.427 e. The fraction of sp³-hybridized carbons (Fsp3) is 0.455. The molecule has 0 spiro atoms. The molecule has 1 aromatic carbocycles. The van der Waals surface area contributed by atoms with Crippen LogP contribution in [0.4, 0.5) is 0 Å². The first kappa shape index (κ1) is 12.4. The number of rotatable bonds is 5. The summed E-state index contributed by atoms with van der Waals surface area (Å²) in [6.07, 6.45) is 2.21. The molecule has 2 N–H and O–H groups in total. The summed E-state index contributed by atoms with van der Waals surface area (Å²) in [5, 5.41) is 0. The van der Waals surface area contributed by atoms with Crippen molar-refractivity contribution in [1.29, 1.82) is 0 Å². The van der Waals surface area contributed by atoms with Gasteiger partial charge >= 0.3 is 8.60 Å². The first-order chi connectivity index (χ1) is 7.11. The van der Waals surface area contributed by atoms with E-state index in [1.54, 1.807) is 12.1 Å². The Bertz CT molecular complexity index is 284. The molecule has 0 fully saturated rings. The van der Waals surface area contributed by atoms with Crippen LogP contribution in [0.2, 0.25) is 0 Å². The van der Waals surface area contributed by atoms with E-state index >= 15 is 0 Å². The quantitative estimate of drug-likeness (QED) is 0.762. The van der Waals surface area contributed by atoms with Gasteiger partial charge in [0.25, 0.3) is 0 Å². The van der Waals surface area contributed by atoms with Crippen LogP contribution in [0.3, 0.4) is 0 Å². The van der Waals surface area contributed by atoms with Gasteiger partial charge < -0.3 is 14.3 Å². The third kappa shape index (κ3) is 4.61. The number of benzene rings is 1.